The Bertz CT molecular complexity index is 506. The van der Waals surface area contributed by atoms with Gasteiger partial charge in [0.05, 0.1) is 12.2 Å². The molecule has 0 amide bonds. The van der Waals surface area contributed by atoms with Crippen LogP contribution in [0, 0.1) is 3.90 Å². The number of hydrogen-bond acceptors (Lipinski definition) is 4. The van der Waals surface area contributed by atoms with Gasteiger partial charge < -0.3 is 9.15 Å². The van der Waals surface area contributed by atoms with Crippen LogP contribution in [0.25, 0.3) is 11.1 Å². The standard InChI is InChI=1S/C10H8INO3/c1-2-14-9(13)6-4-3-5-7-8(6)12-10(11)15-7/h3-5H,2H2,1H3. The molecule has 1 aromatic heterocycles. The third-order valence-electron chi connectivity index (χ3n) is 1.89. The van der Waals surface area contributed by atoms with Crippen molar-refractivity contribution in [2.24, 2.45) is 0 Å². The lowest BCUT2D eigenvalue weighted by Crippen LogP contribution is -2.05. The van der Waals surface area contributed by atoms with E-state index in [1.807, 2.05) is 22.6 Å². The predicted molar refractivity (Wildman–Crippen MR) is 62.7 cm³/mol. The van der Waals surface area contributed by atoms with E-state index < -0.39 is 0 Å². The molecule has 0 atom stereocenters. The topological polar surface area (TPSA) is 52.3 Å². The average molecular weight is 317 g/mol. The molecule has 0 aliphatic carbocycles. The molecule has 0 saturated heterocycles. The Kier molecular flexibility index (Phi) is 2.90. The van der Waals surface area contributed by atoms with Crippen molar-refractivity contribution in [2.75, 3.05) is 6.61 Å². The van der Waals surface area contributed by atoms with Crippen LogP contribution in [0.5, 0.6) is 0 Å². The van der Waals surface area contributed by atoms with Gasteiger partial charge in [0.15, 0.2) is 5.58 Å². The molecule has 0 spiro atoms. The van der Waals surface area contributed by atoms with E-state index in [0.717, 1.165) is 0 Å². The first-order chi connectivity index (χ1) is 7.22. The number of carbonyl (C=O) groups excluding carboxylic acids is 1. The van der Waals surface area contributed by atoms with Crippen LogP contribution in [0.1, 0.15) is 17.3 Å². The number of carbonyl (C=O) groups is 1. The van der Waals surface area contributed by atoms with Crippen LogP contribution in [-0.2, 0) is 4.74 Å². The smallest absolute Gasteiger partial charge is 0.340 e. The van der Waals surface area contributed by atoms with Gasteiger partial charge >= 0.3 is 5.97 Å². The molecule has 1 aromatic carbocycles. The van der Waals surface area contributed by atoms with Crippen molar-refractivity contribution in [2.45, 2.75) is 6.92 Å². The maximum Gasteiger partial charge on any atom is 0.340 e. The number of oxazole rings is 1. The molecule has 4 nitrogen and oxygen atoms in total. The van der Waals surface area contributed by atoms with Gasteiger partial charge in [0.1, 0.15) is 5.52 Å². The van der Waals surface area contributed by atoms with Gasteiger partial charge in [-0.2, -0.15) is 0 Å². The Morgan fingerprint density at radius 2 is 2.40 bits per heavy atom. The highest BCUT2D eigenvalue weighted by Crippen LogP contribution is 2.21. The van der Waals surface area contributed by atoms with Gasteiger partial charge in [0.25, 0.3) is 3.90 Å². The largest absolute Gasteiger partial charge is 0.462 e. The second kappa shape index (κ2) is 4.18. The number of hydrogen-bond donors (Lipinski definition) is 0. The number of nitrogens with zero attached hydrogens (tertiary/aromatic N) is 1. The van der Waals surface area contributed by atoms with Crippen molar-refractivity contribution >= 4 is 39.7 Å². The SMILES string of the molecule is CCOC(=O)c1cccc2oc(I)nc12. The Labute approximate surface area is 99.8 Å². The highest BCUT2D eigenvalue weighted by atomic mass is 127. The van der Waals surface area contributed by atoms with Crippen LogP contribution in [0.4, 0.5) is 0 Å². The first-order valence-electron chi connectivity index (χ1n) is 4.44. The number of para-hydroxylation sites is 1. The third kappa shape index (κ3) is 1.97. The summed E-state index contributed by atoms with van der Waals surface area (Å²) in [6, 6.07) is 5.20. The van der Waals surface area contributed by atoms with Crippen LogP contribution in [0.15, 0.2) is 22.6 Å². The summed E-state index contributed by atoms with van der Waals surface area (Å²) in [5, 5.41) is 0. The minimum Gasteiger partial charge on any atom is -0.462 e. The number of fused-ring (bicyclic) bond motifs is 1. The van der Waals surface area contributed by atoms with Gasteiger partial charge in [0.2, 0.25) is 0 Å². The van der Waals surface area contributed by atoms with E-state index in [-0.39, 0.29) is 5.97 Å². The van der Waals surface area contributed by atoms with Crippen molar-refractivity contribution in [3.63, 3.8) is 0 Å². The predicted octanol–water partition coefficient (Wildman–Crippen LogP) is 2.61. The number of rotatable bonds is 2. The molecule has 0 aliphatic heterocycles. The number of aromatic nitrogens is 1. The van der Waals surface area contributed by atoms with E-state index >= 15 is 0 Å². The van der Waals surface area contributed by atoms with Crippen molar-refractivity contribution in [1.82, 2.24) is 4.98 Å². The van der Waals surface area contributed by atoms with Gasteiger partial charge in [-0.1, -0.05) is 6.07 Å². The first-order valence-corrected chi connectivity index (χ1v) is 5.52. The third-order valence-corrected chi connectivity index (χ3v) is 2.35. The maximum atomic E-state index is 11.6. The molecule has 0 unspecified atom stereocenters. The number of benzene rings is 1. The molecule has 0 aliphatic rings. The number of esters is 1. The van der Waals surface area contributed by atoms with Gasteiger partial charge in [0, 0.05) is 22.6 Å². The summed E-state index contributed by atoms with van der Waals surface area (Å²) < 4.78 is 10.7. The lowest BCUT2D eigenvalue weighted by Gasteiger charge is -2.00. The fourth-order valence-corrected chi connectivity index (χ4v) is 1.77. The van der Waals surface area contributed by atoms with Crippen LogP contribution in [0.2, 0.25) is 0 Å². The molecule has 0 N–H and O–H groups in total. The van der Waals surface area contributed by atoms with Crippen LogP contribution in [-0.4, -0.2) is 17.6 Å². The zero-order valence-electron chi connectivity index (χ0n) is 7.99. The van der Waals surface area contributed by atoms with Crippen LogP contribution in [0.3, 0.4) is 0 Å². The minimum atomic E-state index is -0.368. The molecular weight excluding hydrogens is 309 g/mol. The lowest BCUT2D eigenvalue weighted by molar-refractivity contribution is 0.0528. The highest BCUT2D eigenvalue weighted by Gasteiger charge is 2.14. The van der Waals surface area contributed by atoms with E-state index in [0.29, 0.717) is 27.2 Å². The Morgan fingerprint density at radius 3 is 3.13 bits per heavy atom. The van der Waals surface area contributed by atoms with E-state index in [4.69, 9.17) is 9.15 Å². The molecule has 0 bridgehead atoms. The summed E-state index contributed by atoms with van der Waals surface area (Å²) in [6.07, 6.45) is 0. The van der Waals surface area contributed by atoms with Crippen molar-refractivity contribution in [3.8, 4) is 0 Å². The second-order valence-corrected chi connectivity index (χ2v) is 3.76. The van der Waals surface area contributed by atoms with Crippen LogP contribution >= 0.6 is 22.6 Å². The fraction of sp³-hybridized carbons (Fsp3) is 0.200. The monoisotopic (exact) mass is 317 g/mol. The summed E-state index contributed by atoms with van der Waals surface area (Å²) in [5.74, 6) is -0.368. The summed E-state index contributed by atoms with van der Waals surface area (Å²) in [6.45, 7) is 2.12. The molecule has 0 saturated carbocycles. The number of ether oxygens (including phenoxy) is 1. The maximum absolute atomic E-state index is 11.6. The summed E-state index contributed by atoms with van der Waals surface area (Å²) in [4.78, 5) is 15.7. The average Bonchev–Trinajstić information content (AvgIpc) is 2.57. The zero-order valence-corrected chi connectivity index (χ0v) is 10.1. The van der Waals surface area contributed by atoms with Gasteiger partial charge in [-0.05, 0) is 19.1 Å². The molecular formula is C10H8INO3. The molecule has 2 rings (SSSR count). The van der Waals surface area contributed by atoms with Crippen LogP contribution < -0.4 is 0 Å². The summed E-state index contributed by atoms with van der Waals surface area (Å²) in [5.41, 5.74) is 1.60. The van der Waals surface area contributed by atoms with Gasteiger partial charge in [-0.15, -0.1) is 0 Å². The Morgan fingerprint density at radius 1 is 1.60 bits per heavy atom. The Balaban J connectivity index is 2.55. The molecule has 1 heterocycles. The molecule has 0 radical (unpaired) electrons. The molecule has 0 fully saturated rings. The minimum absolute atomic E-state index is 0.351. The van der Waals surface area contributed by atoms with E-state index in [2.05, 4.69) is 4.98 Å². The Hall–Kier alpha value is -1.11. The molecule has 2 aromatic rings. The van der Waals surface area contributed by atoms with E-state index in [1.165, 1.54) is 0 Å². The van der Waals surface area contributed by atoms with Crippen molar-refractivity contribution in [1.29, 1.82) is 0 Å². The molecule has 15 heavy (non-hydrogen) atoms. The van der Waals surface area contributed by atoms with Crippen molar-refractivity contribution in [3.05, 3.63) is 27.7 Å². The fourth-order valence-electron chi connectivity index (χ4n) is 1.30. The van der Waals surface area contributed by atoms with Gasteiger partial charge in [-0.3, -0.25) is 0 Å². The quantitative estimate of drug-likeness (QED) is 0.631. The highest BCUT2D eigenvalue weighted by molar-refractivity contribution is 14.1. The van der Waals surface area contributed by atoms with E-state index in [1.54, 1.807) is 25.1 Å². The van der Waals surface area contributed by atoms with E-state index in [9.17, 15) is 4.79 Å². The molecule has 78 valence electrons. The van der Waals surface area contributed by atoms with Gasteiger partial charge in [-0.25, -0.2) is 9.78 Å². The molecule has 5 heteroatoms. The first kappa shape index (κ1) is 10.4. The normalized spacial score (nSPS) is 10.5. The zero-order chi connectivity index (χ0) is 10.8. The second-order valence-electron chi connectivity index (χ2n) is 2.84. The lowest BCUT2D eigenvalue weighted by atomic mass is 10.2. The summed E-state index contributed by atoms with van der Waals surface area (Å²) in [7, 11) is 0. The summed E-state index contributed by atoms with van der Waals surface area (Å²) >= 11 is 1.96. The van der Waals surface area contributed by atoms with Crippen molar-refractivity contribution < 1.29 is 13.9 Å². The number of halogens is 1.